The van der Waals surface area contributed by atoms with Gasteiger partial charge in [-0.2, -0.15) is 0 Å². The molecule has 0 N–H and O–H groups in total. The number of ether oxygens (including phenoxy) is 1. The van der Waals surface area contributed by atoms with Crippen LogP contribution in [0.5, 0.6) is 0 Å². The van der Waals surface area contributed by atoms with Crippen LogP contribution in [0.15, 0.2) is 0 Å². The van der Waals surface area contributed by atoms with E-state index in [0.29, 0.717) is 6.61 Å². The van der Waals surface area contributed by atoms with Crippen LogP contribution in [0.25, 0.3) is 0 Å². The smallest absolute Gasteiger partial charge is 0.318 e. The van der Waals surface area contributed by atoms with Gasteiger partial charge in [0.1, 0.15) is 11.7 Å². The first-order valence-electron chi connectivity index (χ1n) is 4.57. The second kappa shape index (κ2) is 6.91. The Kier molecular flexibility index (Phi) is 6.67. The quantitative estimate of drug-likeness (QED) is 0.500. The summed E-state index contributed by atoms with van der Waals surface area (Å²) >= 11 is 0. The van der Waals surface area contributed by atoms with Gasteiger partial charge in [0.2, 0.25) is 0 Å². The normalized spacial score (nSPS) is 14.6. The van der Waals surface area contributed by atoms with Gasteiger partial charge in [0, 0.05) is 13.0 Å². The first-order chi connectivity index (χ1) is 6.52. The highest BCUT2D eigenvalue weighted by atomic mass is 31.0. The van der Waals surface area contributed by atoms with Crippen molar-refractivity contribution in [2.45, 2.75) is 33.3 Å². The average molecular weight is 220 g/mol. The number of Topliss-reactive ketones (excluding diaryl/α,β-unsaturated/α-hetero) is 1. The van der Waals surface area contributed by atoms with E-state index in [2.05, 4.69) is 4.52 Å². The third kappa shape index (κ3) is 4.68. The zero-order chi connectivity index (χ0) is 11.1. The molecule has 0 bridgehead atoms. The highest BCUT2D eigenvalue weighted by molar-refractivity contribution is 7.10. The van der Waals surface area contributed by atoms with Gasteiger partial charge < -0.3 is 9.26 Å². The Morgan fingerprint density at radius 2 is 1.93 bits per heavy atom. The zero-order valence-corrected chi connectivity index (χ0v) is 9.93. The average Bonchev–Trinajstić information content (AvgIpc) is 2.15. The first kappa shape index (κ1) is 13.5. The molecule has 3 atom stereocenters. The van der Waals surface area contributed by atoms with Gasteiger partial charge in [0.15, 0.2) is 0 Å². The molecule has 0 aromatic heterocycles. The number of carbonyl (C=O) groups is 2. The van der Waals surface area contributed by atoms with Crippen molar-refractivity contribution >= 4 is 21.2 Å². The summed E-state index contributed by atoms with van der Waals surface area (Å²) in [4.78, 5) is 22.4. The highest BCUT2D eigenvalue weighted by Gasteiger charge is 2.23. The molecule has 0 aliphatic carbocycles. The van der Waals surface area contributed by atoms with Crippen LogP contribution < -0.4 is 0 Å². The minimum Gasteiger partial charge on any atom is -0.451 e. The highest BCUT2D eigenvalue weighted by Crippen LogP contribution is 2.09. The van der Waals surface area contributed by atoms with Crippen molar-refractivity contribution < 1.29 is 18.8 Å². The van der Waals surface area contributed by atoms with Crippen LogP contribution in [-0.4, -0.2) is 24.5 Å². The second-order valence-corrected chi connectivity index (χ2v) is 3.33. The standard InChI is InChI=1S/C9H17O4P/c1-4-12-6(2)5-8(10)7(3)9(11)13-14/h6-7H,4-5,14H2,1-3H3. The fraction of sp³-hybridized carbons (Fsp3) is 0.778. The summed E-state index contributed by atoms with van der Waals surface area (Å²) in [6.45, 7) is 5.77. The fourth-order valence-electron chi connectivity index (χ4n) is 1.04. The minimum absolute atomic E-state index is 0.146. The number of hydrogen-bond donors (Lipinski definition) is 0. The maximum atomic E-state index is 11.4. The van der Waals surface area contributed by atoms with Gasteiger partial charge in [-0.1, -0.05) is 0 Å². The molecule has 0 amide bonds. The maximum Gasteiger partial charge on any atom is 0.318 e. The van der Waals surface area contributed by atoms with Crippen LogP contribution in [0.3, 0.4) is 0 Å². The molecule has 0 spiro atoms. The van der Waals surface area contributed by atoms with Gasteiger partial charge in [-0.15, -0.1) is 0 Å². The fourth-order valence-corrected chi connectivity index (χ4v) is 1.24. The van der Waals surface area contributed by atoms with Gasteiger partial charge in [-0.05, 0) is 20.8 Å². The van der Waals surface area contributed by atoms with Crippen molar-refractivity contribution in [1.82, 2.24) is 0 Å². The van der Waals surface area contributed by atoms with Gasteiger partial charge >= 0.3 is 5.97 Å². The summed E-state index contributed by atoms with van der Waals surface area (Å²) in [5.74, 6) is -1.39. The van der Waals surface area contributed by atoms with E-state index in [1.165, 1.54) is 6.92 Å². The van der Waals surface area contributed by atoms with E-state index in [-0.39, 0.29) is 18.3 Å². The zero-order valence-electron chi connectivity index (χ0n) is 8.78. The lowest BCUT2D eigenvalue weighted by molar-refractivity contribution is -0.143. The van der Waals surface area contributed by atoms with E-state index in [0.717, 1.165) is 0 Å². The molecular formula is C9H17O4P. The molecule has 0 aliphatic heterocycles. The van der Waals surface area contributed by atoms with Gasteiger partial charge in [0.05, 0.1) is 15.6 Å². The van der Waals surface area contributed by atoms with Crippen molar-refractivity contribution in [2.75, 3.05) is 6.61 Å². The number of ketones is 1. The van der Waals surface area contributed by atoms with E-state index in [1.54, 1.807) is 6.92 Å². The summed E-state index contributed by atoms with van der Waals surface area (Å²) in [5.41, 5.74) is 0. The van der Waals surface area contributed by atoms with E-state index >= 15 is 0 Å². The third-order valence-corrected chi connectivity index (χ3v) is 2.12. The van der Waals surface area contributed by atoms with Crippen molar-refractivity contribution in [3.63, 3.8) is 0 Å². The summed E-state index contributed by atoms with van der Waals surface area (Å²) in [7, 11) is 1.84. The van der Waals surface area contributed by atoms with E-state index in [9.17, 15) is 9.59 Å². The molecule has 3 unspecified atom stereocenters. The third-order valence-electron chi connectivity index (χ3n) is 1.89. The Morgan fingerprint density at radius 3 is 2.36 bits per heavy atom. The molecule has 0 aromatic carbocycles. The first-order valence-corrected chi connectivity index (χ1v) is 5.04. The summed E-state index contributed by atoms with van der Waals surface area (Å²) in [5, 5.41) is 0. The largest absolute Gasteiger partial charge is 0.451 e. The predicted molar refractivity (Wildman–Crippen MR) is 55.7 cm³/mol. The van der Waals surface area contributed by atoms with E-state index < -0.39 is 11.9 Å². The lowest BCUT2D eigenvalue weighted by Crippen LogP contribution is -2.25. The topological polar surface area (TPSA) is 52.6 Å². The van der Waals surface area contributed by atoms with Crippen LogP contribution in [0, 0.1) is 5.92 Å². The molecule has 0 aliphatic rings. The van der Waals surface area contributed by atoms with Gasteiger partial charge in [-0.3, -0.25) is 9.59 Å². The molecule has 14 heavy (non-hydrogen) atoms. The number of rotatable bonds is 6. The van der Waals surface area contributed by atoms with E-state index in [4.69, 9.17) is 4.74 Å². The minimum atomic E-state index is -0.713. The molecule has 5 heteroatoms. The predicted octanol–water partition coefficient (Wildman–Crippen LogP) is 1.34. The molecule has 0 rings (SSSR count). The Balaban J connectivity index is 4.01. The maximum absolute atomic E-state index is 11.4. The van der Waals surface area contributed by atoms with Crippen LogP contribution in [-0.2, 0) is 18.8 Å². The number of carbonyl (C=O) groups excluding carboxylic acids is 2. The molecular weight excluding hydrogens is 203 g/mol. The summed E-state index contributed by atoms with van der Waals surface area (Å²) in [6.07, 6.45) is 0.0988. The monoisotopic (exact) mass is 220 g/mol. The van der Waals surface area contributed by atoms with Crippen LogP contribution in [0.2, 0.25) is 0 Å². The number of hydrogen-bond acceptors (Lipinski definition) is 4. The Hall–Kier alpha value is -0.470. The lowest BCUT2D eigenvalue weighted by atomic mass is 10.0. The van der Waals surface area contributed by atoms with Crippen LogP contribution in [0.1, 0.15) is 27.2 Å². The SMILES string of the molecule is CCOC(C)CC(=O)C(C)C(=O)OP. The van der Waals surface area contributed by atoms with Gasteiger partial charge in [0.25, 0.3) is 0 Å². The Labute approximate surface area is 86.6 Å². The molecule has 0 saturated carbocycles. The van der Waals surface area contributed by atoms with Crippen molar-refractivity contribution in [2.24, 2.45) is 5.92 Å². The van der Waals surface area contributed by atoms with Crippen LogP contribution in [0.4, 0.5) is 0 Å². The molecule has 82 valence electrons. The molecule has 0 radical (unpaired) electrons. The molecule has 0 saturated heterocycles. The van der Waals surface area contributed by atoms with E-state index in [1.807, 2.05) is 16.4 Å². The lowest BCUT2D eigenvalue weighted by Gasteiger charge is -2.13. The summed E-state index contributed by atoms with van der Waals surface area (Å²) in [6, 6.07) is 0. The Bertz CT molecular complexity index is 205. The molecule has 0 heterocycles. The second-order valence-electron chi connectivity index (χ2n) is 3.09. The molecule has 0 aromatic rings. The van der Waals surface area contributed by atoms with Crippen molar-refractivity contribution in [1.29, 1.82) is 0 Å². The Morgan fingerprint density at radius 1 is 1.36 bits per heavy atom. The molecule has 4 nitrogen and oxygen atoms in total. The molecule has 0 fully saturated rings. The van der Waals surface area contributed by atoms with Crippen molar-refractivity contribution in [3.05, 3.63) is 0 Å². The van der Waals surface area contributed by atoms with Crippen molar-refractivity contribution in [3.8, 4) is 0 Å². The van der Waals surface area contributed by atoms with Crippen LogP contribution >= 0.6 is 9.47 Å². The summed E-state index contributed by atoms with van der Waals surface area (Å²) < 4.78 is 9.59. The van der Waals surface area contributed by atoms with Gasteiger partial charge in [-0.25, -0.2) is 0 Å².